The molecule has 0 atom stereocenters. The molecule has 0 bridgehead atoms. The number of nitrogens with zero attached hydrogens (tertiary/aromatic N) is 2. The highest BCUT2D eigenvalue weighted by Crippen LogP contribution is 2.14. The Morgan fingerprint density at radius 3 is 1.22 bits per heavy atom. The van der Waals surface area contributed by atoms with Crippen molar-refractivity contribution in [3.05, 3.63) is 68.6 Å². The SMILES string of the molecule is N#Cc1ccccc1Br.N#Cc1ccccc1Br. The quantitative estimate of drug-likeness (QED) is 0.684. The second kappa shape index (κ2) is 7.66. The molecule has 88 valence electrons. The van der Waals surface area contributed by atoms with Crippen molar-refractivity contribution in [3.63, 3.8) is 0 Å². The molecule has 0 aliphatic rings. The minimum absolute atomic E-state index is 0.678. The molecule has 0 saturated carbocycles. The number of benzene rings is 2. The van der Waals surface area contributed by atoms with Crippen LogP contribution >= 0.6 is 31.9 Å². The van der Waals surface area contributed by atoms with Gasteiger partial charge in [-0.25, -0.2) is 0 Å². The van der Waals surface area contributed by atoms with Gasteiger partial charge in [-0.1, -0.05) is 24.3 Å². The number of rotatable bonds is 0. The molecule has 0 fully saturated rings. The summed E-state index contributed by atoms with van der Waals surface area (Å²) in [5, 5.41) is 16.9. The third kappa shape index (κ3) is 4.33. The minimum Gasteiger partial charge on any atom is -0.192 e. The molecule has 0 spiro atoms. The van der Waals surface area contributed by atoms with Gasteiger partial charge in [0, 0.05) is 8.95 Å². The van der Waals surface area contributed by atoms with E-state index in [1.807, 2.05) is 48.5 Å². The molecule has 0 unspecified atom stereocenters. The Hall–Kier alpha value is -1.62. The second-order valence-electron chi connectivity index (χ2n) is 3.18. The van der Waals surface area contributed by atoms with Crippen LogP contribution in [-0.2, 0) is 0 Å². The van der Waals surface area contributed by atoms with Crippen LogP contribution in [0.3, 0.4) is 0 Å². The summed E-state index contributed by atoms with van der Waals surface area (Å²) < 4.78 is 1.71. The summed E-state index contributed by atoms with van der Waals surface area (Å²) in [4.78, 5) is 0. The van der Waals surface area contributed by atoms with Crippen molar-refractivity contribution in [2.75, 3.05) is 0 Å². The average molecular weight is 364 g/mol. The van der Waals surface area contributed by atoms with E-state index in [1.54, 1.807) is 12.1 Å². The average Bonchev–Trinajstić information content (AvgIpc) is 2.41. The lowest BCUT2D eigenvalue weighted by molar-refractivity contribution is 1.47. The Balaban J connectivity index is 0.000000180. The lowest BCUT2D eigenvalue weighted by Gasteiger charge is -1.88. The van der Waals surface area contributed by atoms with E-state index in [2.05, 4.69) is 31.9 Å². The van der Waals surface area contributed by atoms with Crippen LogP contribution in [0.25, 0.3) is 0 Å². The third-order valence-corrected chi connectivity index (χ3v) is 3.37. The van der Waals surface area contributed by atoms with Gasteiger partial charge in [-0.3, -0.25) is 0 Å². The van der Waals surface area contributed by atoms with Gasteiger partial charge in [-0.2, -0.15) is 10.5 Å². The summed E-state index contributed by atoms with van der Waals surface area (Å²) in [5.74, 6) is 0. The maximum atomic E-state index is 8.44. The van der Waals surface area contributed by atoms with Gasteiger partial charge in [-0.05, 0) is 56.1 Å². The van der Waals surface area contributed by atoms with Gasteiger partial charge in [0.2, 0.25) is 0 Å². The highest BCUT2D eigenvalue weighted by atomic mass is 79.9. The Bertz CT molecular complexity index is 554. The van der Waals surface area contributed by atoms with Crippen molar-refractivity contribution in [1.82, 2.24) is 0 Å². The first kappa shape index (κ1) is 14.4. The number of halogens is 2. The largest absolute Gasteiger partial charge is 0.192 e. The highest BCUT2D eigenvalue weighted by Gasteiger charge is 1.92. The van der Waals surface area contributed by atoms with Crippen LogP contribution in [0.2, 0.25) is 0 Å². The van der Waals surface area contributed by atoms with Crippen LogP contribution in [0.1, 0.15) is 11.1 Å². The summed E-state index contributed by atoms with van der Waals surface area (Å²) in [5.41, 5.74) is 1.36. The lowest BCUT2D eigenvalue weighted by atomic mass is 10.2. The fraction of sp³-hybridized carbons (Fsp3) is 0. The van der Waals surface area contributed by atoms with Crippen molar-refractivity contribution in [2.45, 2.75) is 0 Å². The molecule has 0 aliphatic heterocycles. The predicted molar refractivity (Wildman–Crippen MR) is 77.7 cm³/mol. The number of hydrogen-bond donors (Lipinski definition) is 0. The predicted octanol–water partition coefficient (Wildman–Crippen LogP) is 4.64. The molecular weight excluding hydrogens is 356 g/mol. The third-order valence-electron chi connectivity index (χ3n) is 1.99. The second-order valence-corrected chi connectivity index (χ2v) is 4.89. The van der Waals surface area contributed by atoms with Crippen molar-refractivity contribution in [2.24, 2.45) is 0 Å². The minimum atomic E-state index is 0.678. The molecule has 0 N–H and O–H groups in total. The molecule has 2 rings (SSSR count). The van der Waals surface area contributed by atoms with Gasteiger partial charge in [0.25, 0.3) is 0 Å². The zero-order chi connectivity index (χ0) is 13.4. The lowest BCUT2D eigenvalue weighted by Crippen LogP contribution is -1.72. The molecule has 0 aromatic heterocycles. The van der Waals surface area contributed by atoms with E-state index in [0.29, 0.717) is 11.1 Å². The molecule has 4 heteroatoms. The van der Waals surface area contributed by atoms with Gasteiger partial charge >= 0.3 is 0 Å². The maximum Gasteiger partial charge on any atom is 0.100 e. The van der Waals surface area contributed by atoms with E-state index in [-0.39, 0.29) is 0 Å². The standard InChI is InChI=1S/2C7H4BrN/c2*8-7-4-2-1-3-6(7)5-9/h2*1-4H. The Morgan fingerprint density at radius 1 is 0.667 bits per heavy atom. The van der Waals surface area contributed by atoms with E-state index in [4.69, 9.17) is 10.5 Å². The molecule has 0 amide bonds. The van der Waals surface area contributed by atoms with Crippen LogP contribution in [0, 0.1) is 22.7 Å². The number of hydrogen-bond acceptors (Lipinski definition) is 2. The first-order chi connectivity index (χ1) is 8.69. The van der Waals surface area contributed by atoms with E-state index < -0.39 is 0 Å². The molecule has 2 nitrogen and oxygen atoms in total. The number of nitriles is 2. The van der Waals surface area contributed by atoms with Crippen LogP contribution in [0.15, 0.2) is 57.5 Å². The fourth-order valence-electron chi connectivity index (χ4n) is 1.10. The van der Waals surface area contributed by atoms with Gasteiger partial charge in [0.05, 0.1) is 11.1 Å². The summed E-state index contributed by atoms with van der Waals surface area (Å²) in [6.45, 7) is 0. The summed E-state index contributed by atoms with van der Waals surface area (Å²) in [6.07, 6.45) is 0. The fourth-order valence-corrected chi connectivity index (χ4v) is 1.85. The van der Waals surface area contributed by atoms with E-state index >= 15 is 0 Å². The van der Waals surface area contributed by atoms with Crippen molar-refractivity contribution in [1.29, 1.82) is 10.5 Å². The molecule has 0 aliphatic carbocycles. The van der Waals surface area contributed by atoms with Crippen molar-refractivity contribution < 1.29 is 0 Å². The van der Waals surface area contributed by atoms with Crippen molar-refractivity contribution in [3.8, 4) is 12.1 Å². The Morgan fingerprint density at radius 2 is 1.00 bits per heavy atom. The summed E-state index contributed by atoms with van der Waals surface area (Å²) >= 11 is 6.47. The normalized spacial score (nSPS) is 8.44. The Kier molecular flexibility index (Phi) is 6.14. The monoisotopic (exact) mass is 362 g/mol. The smallest absolute Gasteiger partial charge is 0.100 e. The highest BCUT2D eigenvalue weighted by molar-refractivity contribution is 9.10. The summed E-state index contributed by atoms with van der Waals surface area (Å²) in [7, 11) is 0. The molecule has 18 heavy (non-hydrogen) atoms. The van der Waals surface area contributed by atoms with E-state index in [9.17, 15) is 0 Å². The van der Waals surface area contributed by atoms with Gasteiger partial charge < -0.3 is 0 Å². The van der Waals surface area contributed by atoms with E-state index in [0.717, 1.165) is 8.95 Å². The molecule has 0 saturated heterocycles. The van der Waals surface area contributed by atoms with Crippen LogP contribution in [-0.4, -0.2) is 0 Å². The molecular formula is C14H8Br2N2. The van der Waals surface area contributed by atoms with Crippen LogP contribution in [0.4, 0.5) is 0 Å². The first-order valence-corrected chi connectivity index (χ1v) is 6.57. The first-order valence-electron chi connectivity index (χ1n) is 4.98. The van der Waals surface area contributed by atoms with Gasteiger partial charge in [0.15, 0.2) is 0 Å². The van der Waals surface area contributed by atoms with Crippen molar-refractivity contribution >= 4 is 31.9 Å². The Labute approximate surface area is 123 Å². The van der Waals surface area contributed by atoms with Crippen LogP contribution in [0.5, 0.6) is 0 Å². The van der Waals surface area contributed by atoms with Gasteiger partial charge in [-0.15, -0.1) is 0 Å². The topological polar surface area (TPSA) is 47.6 Å². The molecule has 0 heterocycles. The zero-order valence-electron chi connectivity index (χ0n) is 9.27. The molecule has 2 aromatic carbocycles. The van der Waals surface area contributed by atoms with Gasteiger partial charge in [0.1, 0.15) is 12.1 Å². The molecule has 0 radical (unpaired) electrons. The maximum absolute atomic E-state index is 8.44. The van der Waals surface area contributed by atoms with E-state index in [1.165, 1.54) is 0 Å². The summed E-state index contributed by atoms with van der Waals surface area (Å²) in [6, 6.07) is 18.8. The molecule has 2 aromatic rings. The zero-order valence-corrected chi connectivity index (χ0v) is 12.4. The van der Waals surface area contributed by atoms with Crippen LogP contribution < -0.4 is 0 Å².